The summed E-state index contributed by atoms with van der Waals surface area (Å²) < 4.78 is 45.9. The van der Waals surface area contributed by atoms with Gasteiger partial charge >= 0.3 is 6.18 Å². The van der Waals surface area contributed by atoms with Crippen molar-refractivity contribution < 1.29 is 17.9 Å². The largest absolute Gasteiger partial charge is 0.416 e. The highest BCUT2D eigenvalue weighted by Gasteiger charge is 2.31. The van der Waals surface area contributed by atoms with Gasteiger partial charge in [0.15, 0.2) is 0 Å². The van der Waals surface area contributed by atoms with E-state index >= 15 is 0 Å². The molecule has 2 aromatic heterocycles. The third-order valence-corrected chi connectivity index (χ3v) is 7.34. The van der Waals surface area contributed by atoms with E-state index in [1.54, 1.807) is 17.4 Å². The third-order valence-electron chi connectivity index (χ3n) is 6.18. The van der Waals surface area contributed by atoms with E-state index in [4.69, 9.17) is 4.74 Å². The van der Waals surface area contributed by atoms with Crippen LogP contribution in [0.25, 0.3) is 10.2 Å². The van der Waals surface area contributed by atoms with Crippen LogP contribution in [0.3, 0.4) is 0 Å². The summed E-state index contributed by atoms with van der Waals surface area (Å²) in [4.78, 5) is 22.1. The number of nitrogens with zero attached hydrogens (tertiary/aromatic N) is 3. The molecule has 1 aliphatic carbocycles. The molecule has 164 valence electrons. The first-order valence-electron chi connectivity index (χ1n) is 10.4. The van der Waals surface area contributed by atoms with Gasteiger partial charge in [0.2, 0.25) is 0 Å². The second-order valence-electron chi connectivity index (χ2n) is 8.10. The maximum Gasteiger partial charge on any atom is 0.416 e. The Morgan fingerprint density at radius 3 is 2.81 bits per heavy atom. The Kier molecular flexibility index (Phi) is 5.35. The molecule has 1 unspecified atom stereocenters. The van der Waals surface area contributed by atoms with Gasteiger partial charge in [-0.3, -0.25) is 14.3 Å². The number of hydrogen-bond acceptors (Lipinski definition) is 5. The van der Waals surface area contributed by atoms with Gasteiger partial charge in [-0.05, 0) is 42.5 Å². The first-order valence-corrected chi connectivity index (χ1v) is 11.2. The minimum Gasteiger partial charge on any atom is -0.379 e. The van der Waals surface area contributed by atoms with Crippen LogP contribution in [-0.4, -0.2) is 46.8 Å². The molecule has 3 heterocycles. The first-order chi connectivity index (χ1) is 14.9. The topological polar surface area (TPSA) is 47.4 Å². The molecule has 0 spiro atoms. The molecule has 1 atom stereocenters. The van der Waals surface area contributed by atoms with E-state index in [1.165, 1.54) is 21.8 Å². The molecule has 9 heteroatoms. The molecule has 2 aliphatic rings. The average Bonchev–Trinajstić information content (AvgIpc) is 3.14. The maximum absolute atomic E-state index is 13.2. The highest BCUT2D eigenvalue weighted by Crippen LogP contribution is 2.35. The molecule has 0 saturated carbocycles. The van der Waals surface area contributed by atoms with Crippen LogP contribution in [0.4, 0.5) is 13.2 Å². The fourth-order valence-corrected chi connectivity index (χ4v) is 5.84. The van der Waals surface area contributed by atoms with E-state index in [0.717, 1.165) is 68.1 Å². The summed E-state index contributed by atoms with van der Waals surface area (Å²) in [6.07, 6.45) is -0.245. The van der Waals surface area contributed by atoms with Crippen molar-refractivity contribution in [3.8, 4) is 0 Å². The first kappa shape index (κ1) is 20.7. The van der Waals surface area contributed by atoms with Gasteiger partial charge in [-0.2, -0.15) is 13.2 Å². The molecule has 1 saturated heterocycles. The smallest absolute Gasteiger partial charge is 0.379 e. The Labute approximate surface area is 181 Å². The summed E-state index contributed by atoms with van der Waals surface area (Å²) in [5, 5.41) is 0.634. The van der Waals surface area contributed by atoms with E-state index in [-0.39, 0.29) is 12.1 Å². The van der Waals surface area contributed by atoms with Crippen LogP contribution in [0.15, 0.2) is 35.4 Å². The predicted octanol–water partition coefficient (Wildman–Crippen LogP) is 3.71. The number of aryl methyl sites for hydroxylation is 1. The Balaban J connectivity index is 1.44. The van der Waals surface area contributed by atoms with Crippen LogP contribution in [0.5, 0.6) is 0 Å². The second-order valence-corrected chi connectivity index (χ2v) is 9.19. The molecule has 1 aromatic carbocycles. The molecule has 31 heavy (non-hydrogen) atoms. The number of benzene rings is 1. The van der Waals surface area contributed by atoms with Crippen molar-refractivity contribution in [2.75, 3.05) is 26.3 Å². The molecule has 3 aromatic rings. The maximum atomic E-state index is 13.2. The summed E-state index contributed by atoms with van der Waals surface area (Å²) in [6, 6.07) is 5.55. The highest BCUT2D eigenvalue weighted by molar-refractivity contribution is 7.18. The molecule has 1 aliphatic heterocycles. The van der Waals surface area contributed by atoms with E-state index in [0.29, 0.717) is 17.0 Å². The van der Waals surface area contributed by atoms with Crippen LogP contribution >= 0.6 is 11.3 Å². The van der Waals surface area contributed by atoms with Crippen molar-refractivity contribution in [3.05, 3.63) is 62.5 Å². The summed E-state index contributed by atoms with van der Waals surface area (Å²) in [7, 11) is 0. The minimum absolute atomic E-state index is 0.0622. The van der Waals surface area contributed by atoms with Crippen LogP contribution < -0.4 is 5.56 Å². The molecule has 0 bridgehead atoms. The van der Waals surface area contributed by atoms with Crippen molar-refractivity contribution in [3.63, 3.8) is 0 Å². The Hall–Kier alpha value is -2.23. The molecular formula is C22H22F3N3O2S. The fourth-order valence-electron chi connectivity index (χ4n) is 4.59. The lowest BCUT2D eigenvalue weighted by Gasteiger charge is -2.36. The quantitative estimate of drug-likeness (QED) is 0.612. The van der Waals surface area contributed by atoms with Gasteiger partial charge in [-0.1, -0.05) is 12.1 Å². The van der Waals surface area contributed by atoms with Gasteiger partial charge < -0.3 is 4.74 Å². The summed E-state index contributed by atoms with van der Waals surface area (Å²) in [6.45, 7) is 3.46. The number of rotatable bonds is 3. The Morgan fingerprint density at radius 2 is 2.03 bits per heavy atom. The second kappa shape index (κ2) is 8.03. The molecule has 5 rings (SSSR count). The number of hydrogen-bond donors (Lipinski definition) is 0. The van der Waals surface area contributed by atoms with Gasteiger partial charge in [-0.15, -0.1) is 11.3 Å². The van der Waals surface area contributed by atoms with E-state index < -0.39 is 11.7 Å². The molecular weight excluding hydrogens is 427 g/mol. The van der Waals surface area contributed by atoms with Crippen molar-refractivity contribution in [2.45, 2.75) is 38.0 Å². The van der Waals surface area contributed by atoms with Crippen LogP contribution in [0.1, 0.15) is 28.0 Å². The summed E-state index contributed by atoms with van der Waals surface area (Å²) in [5.41, 5.74) is 0.605. The lowest BCUT2D eigenvalue weighted by atomic mass is 9.92. The number of ether oxygens (including phenoxy) is 1. The molecule has 0 N–H and O–H groups in total. The number of fused-ring (bicyclic) bond motifs is 3. The molecule has 0 radical (unpaired) electrons. The summed E-state index contributed by atoms with van der Waals surface area (Å²) in [5.74, 6) is 0. The number of morpholine rings is 1. The fraction of sp³-hybridized carbons (Fsp3) is 0.455. The lowest BCUT2D eigenvalue weighted by molar-refractivity contribution is -0.137. The lowest BCUT2D eigenvalue weighted by Crippen LogP contribution is -2.45. The van der Waals surface area contributed by atoms with Gasteiger partial charge in [0.1, 0.15) is 4.83 Å². The standard InChI is InChI=1S/C22H22F3N3O2S/c23-22(24,25)15-3-1-2-14(10-15)12-28-13-26-20-19(21(28)29)17-5-4-16(11-18(17)31-20)27-6-8-30-9-7-27/h1-3,10,13,16H,4-9,11-12H2. The molecule has 0 amide bonds. The Morgan fingerprint density at radius 1 is 1.23 bits per heavy atom. The van der Waals surface area contributed by atoms with E-state index in [9.17, 15) is 18.0 Å². The number of thiophene rings is 1. The number of halogens is 3. The number of aromatic nitrogens is 2. The van der Waals surface area contributed by atoms with Crippen molar-refractivity contribution in [1.82, 2.24) is 14.5 Å². The van der Waals surface area contributed by atoms with E-state index in [2.05, 4.69) is 9.88 Å². The van der Waals surface area contributed by atoms with Gasteiger partial charge in [-0.25, -0.2) is 4.98 Å². The SMILES string of the molecule is O=c1c2c3c(sc2ncn1Cc1cccc(C(F)(F)F)c1)CC(N1CCOCC1)CC3. The normalized spacial score (nSPS) is 20.2. The third kappa shape index (κ3) is 4.02. The predicted molar refractivity (Wildman–Crippen MR) is 113 cm³/mol. The zero-order chi connectivity index (χ0) is 21.6. The van der Waals surface area contributed by atoms with Gasteiger partial charge in [0.25, 0.3) is 5.56 Å². The van der Waals surface area contributed by atoms with Crippen molar-refractivity contribution in [1.29, 1.82) is 0 Å². The van der Waals surface area contributed by atoms with Crippen molar-refractivity contribution in [2.24, 2.45) is 0 Å². The van der Waals surface area contributed by atoms with Gasteiger partial charge in [0.05, 0.1) is 37.0 Å². The summed E-state index contributed by atoms with van der Waals surface area (Å²) >= 11 is 1.57. The van der Waals surface area contributed by atoms with Crippen LogP contribution in [0.2, 0.25) is 0 Å². The van der Waals surface area contributed by atoms with E-state index in [1.807, 2.05) is 0 Å². The van der Waals surface area contributed by atoms with Crippen molar-refractivity contribution >= 4 is 21.6 Å². The minimum atomic E-state index is -4.41. The van der Waals surface area contributed by atoms with Crippen LogP contribution in [0, 0.1) is 0 Å². The zero-order valence-corrected chi connectivity index (χ0v) is 17.6. The average molecular weight is 449 g/mol. The zero-order valence-electron chi connectivity index (χ0n) is 16.8. The van der Waals surface area contributed by atoms with Gasteiger partial charge in [0, 0.05) is 24.0 Å². The monoisotopic (exact) mass is 449 g/mol. The highest BCUT2D eigenvalue weighted by atomic mass is 32.1. The molecule has 5 nitrogen and oxygen atoms in total. The Bertz CT molecular complexity index is 1160. The number of alkyl halides is 3. The van der Waals surface area contributed by atoms with Crippen LogP contribution in [-0.2, 0) is 30.3 Å². The molecule has 1 fully saturated rings.